The van der Waals surface area contributed by atoms with Crippen LogP contribution in [0.25, 0.3) is 0 Å². The van der Waals surface area contributed by atoms with Crippen LogP contribution in [0.1, 0.15) is 38.2 Å². The minimum atomic E-state index is -4.43. The topological polar surface area (TPSA) is 123 Å². The molecule has 1 heterocycles. The molecule has 3 amide bonds. The summed E-state index contributed by atoms with van der Waals surface area (Å²) in [6.45, 7) is 0. The van der Waals surface area contributed by atoms with E-state index in [-0.39, 0.29) is 29.1 Å². The largest absolute Gasteiger partial charge is 0.453 e. The fourth-order valence-corrected chi connectivity index (χ4v) is 4.41. The number of hydrogen-bond acceptors (Lipinski definition) is 6. The molecule has 196 valence electrons. The number of carbonyl (C=O) groups excluding carboxylic acids is 3. The quantitative estimate of drug-likeness (QED) is 0.366. The number of rotatable bonds is 10. The molecule has 2 atom stereocenters. The highest BCUT2D eigenvalue weighted by Gasteiger charge is 2.31. The van der Waals surface area contributed by atoms with Gasteiger partial charge in [-0.1, -0.05) is 42.5 Å². The summed E-state index contributed by atoms with van der Waals surface area (Å²) in [5.41, 5.74) is 6.87. The van der Waals surface area contributed by atoms with Crippen molar-refractivity contribution in [2.45, 2.75) is 37.5 Å². The Morgan fingerprint density at radius 3 is 2.24 bits per heavy atom. The average molecular weight is 535 g/mol. The van der Waals surface area contributed by atoms with E-state index in [9.17, 15) is 27.6 Å². The first kappa shape index (κ1) is 27.7. The molecule has 0 aliphatic rings. The Labute approximate surface area is 215 Å². The van der Waals surface area contributed by atoms with Crippen LogP contribution in [-0.2, 0) is 28.8 Å². The van der Waals surface area contributed by atoms with Crippen LogP contribution in [0.5, 0.6) is 0 Å². The zero-order chi connectivity index (χ0) is 27.0. The van der Waals surface area contributed by atoms with E-state index in [0.717, 1.165) is 16.9 Å². The van der Waals surface area contributed by atoms with Crippen molar-refractivity contribution in [2.75, 3.05) is 7.11 Å². The Bertz CT molecular complexity index is 1220. The molecule has 0 bridgehead atoms. The van der Waals surface area contributed by atoms with Crippen molar-refractivity contribution >= 4 is 29.2 Å². The van der Waals surface area contributed by atoms with Gasteiger partial charge in [0.2, 0.25) is 11.8 Å². The van der Waals surface area contributed by atoms with Crippen LogP contribution in [0.2, 0.25) is 0 Å². The minimum Gasteiger partial charge on any atom is -0.453 e. The zero-order valence-electron chi connectivity index (χ0n) is 19.7. The van der Waals surface area contributed by atoms with Crippen molar-refractivity contribution in [1.29, 1.82) is 0 Å². The van der Waals surface area contributed by atoms with E-state index >= 15 is 0 Å². The summed E-state index contributed by atoms with van der Waals surface area (Å²) in [6, 6.07) is 13.5. The Hall–Kier alpha value is -3.93. The molecule has 0 fully saturated rings. The van der Waals surface area contributed by atoms with Gasteiger partial charge in [0, 0.05) is 17.4 Å². The molecular formula is C25H25F3N4O4S. The van der Waals surface area contributed by atoms with E-state index in [1.165, 1.54) is 24.6 Å². The maximum atomic E-state index is 13.3. The lowest BCUT2D eigenvalue weighted by Crippen LogP contribution is -2.49. The number of ether oxygens (including phenoxy) is 1. The Morgan fingerprint density at radius 2 is 1.65 bits per heavy atom. The van der Waals surface area contributed by atoms with E-state index in [1.54, 1.807) is 36.4 Å². The van der Waals surface area contributed by atoms with Gasteiger partial charge in [-0.25, -0.2) is 9.78 Å². The smallest absolute Gasteiger partial charge is 0.407 e. The molecule has 0 spiro atoms. The normalized spacial score (nSPS) is 12.9. The number of primary amides is 1. The first-order chi connectivity index (χ1) is 17.5. The molecule has 0 radical (unpaired) electrons. The molecule has 4 N–H and O–H groups in total. The number of aromatic nitrogens is 1. The molecule has 37 heavy (non-hydrogen) atoms. The van der Waals surface area contributed by atoms with Gasteiger partial charge in [-0.05, 0) is 29.7 Å². The van der Waals surface area contributed by atoms with E-state index < -0.39 is 42.6 Å². The van der Waals surface area contributed by atoms with Crippen LogP contribution < -0.4 is 16.4 Å². The van der Waals surface area contributed by atoms with Gasteiger partial charge < -0.3 is 21.1 Å². The summed E-state index contributed by atoms with van der Waals surface area (Å²) in [7, 11) is 1.17. The maximum absolute atomic E-state index is 13.3. The van der Waals surface area contributed by atoms with Crippen molar-refractivity contribution < 1.29 is 32.3 Å². The number of alkyl carbamates (subject to hydrolysis) is 1. The fourth-order valence-electron chi connectivity index (χ4n) is 3.54. The average Bonchev–Trinajstić information content (AvgIpc) is 3.30. The van der Waals surface area contributed by atoms with E-state index in [4.69, 9.17) is 5.73 Å². The van der Waals surface area contributed by atoms with Gasteiger partial charge in [-0.15, -0.1) is 11.3 Å². The highest BCUT2D eigenvalue weighted by molar-refractivity contribution is 7.09. The Morgan fingerprint density at radius 1 is 1.00 bits per heavy atom. The van der Waals surface area contributed by atoms with Crippen LogP contribution in [0.4, 0.5) is 18.0 Å². The van der Waals surface area contributed by atoms with Crippen LogP contribution in [0.3, 0.4) is 0 Å². The first-order valence-corrected chi connectivity index (χ1v) is 12.0. The van der Waals surface area contributed by atoms with E-state index in [1.807, 2.05) is 6.07 Å². The van der Waals surface area contributed by atoms with Crippen LogP contribution >= 0.6 is 11.3 Å². The predicted octanol–water partition coefficient (Wildman–Crippen LogP) is 3.71. The standard InChI is InChI=1S/C25H25F3N4O4S/c1-36-24(35)32-19(11-15-5-3-2-4-6-15)22(34)31-20(12-16-7-9-17(10-8-16)21(29)33)23-30-18(14-37-23)13-25(26,27)28/h2-10,14,19-20H,11-13H2,1H3,(H2,29,33)(H,31,34)(H,32,35)/t19-,20-/m0/s1. The Kier molecular flexibility index (Phi) is 9.23. The molecule has 0 aliphatic heterocycles. The molecule has 0 saturated carbocycles. The van der Waals surface area contributed by atoms with E-state index in [0.29, 0.717) is 5.56 Å². The second kappa shape index (κ2) is 12.3. The number of amides is 3. The Balaban J connectivity index is 1.87. The number of benzene rings is 2. The van der Waals surface area contributed by atoms with Crippen LogP contribution in [0, 0.1) is 0 Å². The monoisotopic (exact) mass is 534 g/mol. The second-order valence-corrected chi connectivity index (χ2v) is 9.06. The second-order valence-electron chi connectivity index (χ2n) is 8.17. The van der Waals surface area contributed by atoms with Gasteiger partial charge in [0.25, 0.3) is 0 Å². The molecule has 12 heteroatoms. The number of thiazole rings is 1. The zero-order valence-corrected chi connectivity index (χ0v) is 20.6. The van der Waals surface area contributed by atoms with Crippen molar-refractivity contribution in [3.8, 4) is 0 Å². The summed E-state index contributed by atoms with van der Waals surface area (Å²) in [5, 5.41) is 6.88. The molecule has 3 aromatic rings. The fraction of sp³-hybridized carbons (Fsp3) is 0.280. The lowest BCUT2D eigenvalue weighted by atomic mass is 10.0. The SMILES string of the molecule is COC(=O)N[C@@H](Cc1ccccc1)C(=O)N[C@@H](Cc1ccc(C(N)=O)cc1)c1nc(CC(F)(F)F)cs1. The molecule has 0 aliphatic carbocycles. The summed E-state index contributed by atoms with van der Waals surface area (Å²) in [5.74, 6) is -1.17. The van der Waals surface area contributed by atoms with Gasteiger partial charge in [0.15, 0.2) is 0 Å². The van der Waals surface area contributed by atoms with Gasteiger partial charge in [-0.3, -0.25) is 9.59 Å². The number of nitrogens with one attached hydrogen (secondary N) is 2. The van der Waals surface area contributed by atoms with Gasteiger partial charge in [0.05, 0.1) is 25.3 Å². The molecule has 0 saturated heterocycles. The van der Waals surface area contributed by atoms with E-state index in [2.05, 4.69) is 20.4 Å². The third kappa shape index (κ3) is 8.60. The number of alkyl halides is 3. The van der Waals surface area contributed by atoms with Crippen molar-refractivity contribution in [3.63, 3.8) is 0 Å². The number of halogens is 3. The molecule has 1 aromatic heterocycles. The third-order valence-electron chi connectivity index (χ3n) is 5.32. The highest BCUT2D eigenvalue weighted by atomic mass is 32.1. The summed E-state index contributed by atoms with van der Waals surface area (Å²) in [6.07, 6.45) is -6.12. The lowest BCUT2D eigenvalue weighted by Gasteiger charge is -2.22. The molecule has 0 unspecified atom stereocenters. The van der Waals surface area contributed by atoms with Crippen molar-refractivity contribution in [1.82, 2.24) is 15.6 Å². The number of nitrogens with two attached hydrogens (primary N) is 1. The van der Waals surface area contributed by atoms with Crippen molar-refractivity contribution in [3.05, 3.63) is 87.4 Å². The summed E-state index contributed by atoms with van der Waals surface area (Å²) in [4.78, 5) is 40.7. The predicted molar refractivity (Wildman–Crippen MR) is 131 cm³/mol. The minimum absolute atomic E-state index is 0.152. The number of nitrogens with zero attached hydrogens (tertiary/aromatic N) is 1. The van der Waals surface area contributed by atoms with Gasteiger partial charge >= 0.3 is 12.3 Å². The molecular weight excluding hydrogens is 509 g/mol. The highest BCUT2D eigenvalue weighted by Crippen LogP contribution is 2.27. The maximum Gasteiger partial charge on any atom is 0.407 e. The number of carbonyl (C=O) groups is 3. The molecule has 2 aromatic carbocycles. The van der Waals surface area contributed by atoms with Crippen LogP contribution in [0.15, 0.2) is 60.0 Å². The lowest BCUT2D eigenvalue weighted by molar-refractivity contribution is -0.128. The summed E-state index contributed by atoms with van der Waals surface area (Å²) < 4.78 is 43.3. The van der Waals surface area contributed by atoms with Gasteiger partial charge in [-0.2, -0.15) is 13.2 Å². The first-order valence-electron chi connectivity index (χ1n) is 11.1. The molecule has 8 nitrogen and oxygen atoms in total. The van der Waals surface area contributed by atoms with Crippen LogP contribution in [-0.4, -0.2) is 42.2 Å². The molecule has 3 rings (SSSR count). The number of hydrogen-bond donors (Lipinski definition) is 3. The third-order valence-corrected chi connectivity index (χ3v) is 6.33. The van der Waals surface area contributed by atoms with Crippen molar-refractivity contribution in [2.24, 2.45) is 5.73 Å². The number of methoxy groups -OCH3 is 1. The summed E-state index contributed by atoms with van der Waals surface area (Å²) >= 11 is 0.990. The van der Waals surface area contributed by atoms with Gasteiger partial charge in [0.1, 0.15) is 11.0 Å².